The summed E-state index contributed by atoms with van der Waals surface area (Å²) >= 11 is 3.52. The van der Waals surface area contributed by atoms with Gasteiger partial charge in [0.25, 0.3) is 5.91 Å². The summed E-state index contributed by atoms with van der Waals surface area (Å²) in [5.74, 6) is -0.0398. The Balaban J connectivity index is 2.27. The lowest BCUT2D eigenvalue weighted by Gasteiger charge is -2.29. The van der Waals surface area contributed by atoms with Crippen molar-refractivity contribution < 1.29 is 4.79 Å². The van der Waals surface area contributed by atoms with Gasteiger partial charge < -0.3 is 5.32 Å². The lowest BCUT2D eigenvalue weighted by atomic mass is 10.0. The first-order valence-electron chi connectivity index (χ1n) is 6.35. The molecule has 0 aliphatic rings. The summed E-state index contributed by atoms with van der Waals surface area (Å²) in [6.07, 6.45) is 0. The van der Waals surface area contributed by atoms with Gasteiger partial charge in [0.15, 0.2) is 0 Å². The molecule has 0 radical (unpaired) electrons. The summed E-state index contributed by atoms with van der Waals surface area (Å²) in [5.41, 5.74) is 0.405. The molecule has 19 heavy (non-hydrogen) atoms. The van der Waals surface area contributed by atoms with Gasteiger partial charge in [-0.25, -0.2) is 0 Å². The number of carbonyl (C=O) groups is 1. The zero-order valence-electron chi connectivity index (χ0n) is 11.4. The van der Waals surface area contributed by atoms with E-state index < -0.39 is 0 Å². The zero-order chi connectivity index (χ0) is 14.0. The van der Waals surface area contributed by atoms with Crippen molar-refractivity contribution in [1.82, 2.24) is 5.32 Å². The fourth-order valence-electron chi connectivity index (χ4n) is 1.79. The molecule has 2 aromatic carbocycles. The highest BCUT2D eigenvalue weighted by molar-refractivity contribution is 9.09. The molecule has 100 valence electrons. The maximum Gasteiger partial charge on any atom is 0.251 e. The molecule has 0 aromatic heterocycles. The SMILES string of the molecule is CC(Br)C(C)(C)NC(=O)c1ccc2ccccc2c1. The molecule has 0 spiro atoms. The van der Waals surface area contributed by atoms with Crippen LogP contribution in [0.15, 0.2) is 42.5 Å². The first-order chi connectivity index (χ1) is 8.90. The van der Waals surface area contributed by atoms with Gasteiger partial charge in [0.05, 0.1) is 0 Å². The molecule has 2 rings (SSSR count). The number of halogens is 1. The van der Waals surface area contributed by atoms with Crippen molar-refractivity contribution in [2.45, 2.75) is 31.1 Å². The van der Waals surface area contributed by atoms with E-state index in [0.717, 1.165) is 10.8 Å². The van der Waals surface area contributed by atoms with E-state index in [9.17, 15) is 4.79 Å². The number of nitrogens with one attached hydrogen (secondary N) is 1. The van der Waals surface area contributed by atoms with Crippen LogP contribution in [0.5, 0.6) is 0 Å². The maximum atomic E-state index is 12.3. The van der Waals surface area contributed by atoms with E-state index in [4.69, 9.17) is 0 Å². The Labute approximate surface area is 122 Å². The Hall–Kier alpha value is -1.35. The molecule has 1 N–H and O–H groups in total. The van der Waals surface area contributed by atoms with Crippen molar-refractivity contribution in [1.29, 1.82) is 0 Å². The number of alkyl halides is 1. The topological polar surface area (TPSA) is 29.1 Å². The molecule has 0 fully saturated rings. The van der Waals surface area contributed by atoms with E-state index in [2.05, 4.69) is 21.2 Å². The summed E-state index contributed by atoms with van der Waals surface area (Å²) in [7, 11) is 0. The summed E-state index contributed by atoms with van der Waals surface area (Å²) in [6.45, 7) is 6.04. The van der Waals surface area contributed by atoms with Crippen LogP contribution in [0, 0.1) is 0 Å². The minimum Gasteiger partial charge on any atom is -0.346 e. The quantitative estimate of drug-likeness (QED) is 0.847. The third kappa shape index (κ3) is 3.16. The number of benzene rings is 2. The number of hydrogen-bond donors (Lipinski definition) is 1. The summed E-state index contributed by atoms with van der Waals surface area (Å²) < 4.78 is 0. The standard InChI is InChI=1S/C16H18BrNO/c1-11(17)16(2,3)18-15(19)14-9-8-12-6-4-5-7-13(12)10-14/h4-11H,1-3H3,(H,18,19). The summed E-state index contributed by atoms with van der Waals surface area (Å²) in [6, 6.07) is 13.8. The second kappa shape index (κ2) is 5.33. The number of fused-ring (bicyclic) bond motifs is 1. The van der Waals surface area contributed by atoms with E-state index in [1.165, 1.54) is 0 Å². The Morgan fingerprint density at radius 2 is 1.79 bits per heavy atom. The monoisotopic (exact) mass is 319 g/mol. The predicted octanol–water partition coefficient (Wildman–Crippen LogP) is 4.13. The van der Waals surface area contributed by atoms with Crippen LogP contribution in [0.1, 0.15) is 31.1 Å². The van der Waals surface area contributed by atoms with Gasteiger partial charge in [-0.05, 0) is 36.8 Å². The van der Waals surface area contributed by atoms with Crippen molar-refractivity contribution in [2.75, 3.05) is 0 Å². The van der Waals surface area contributed by atoms with Gasteiger partial charge >= 0.3 is 0 Å². The largest absolute Gasteiger partial charge is 0.346 e. The van der Waals surface area contributed by atoms with Crippen molar-refractivity contribution in [2.24, 2.45) is 0 Å². The smallest absolute Gasteiger partial charge is 0.251 e. The van der Waals surface area contributed by atoms with Crippen LogP contribution >= 0.6 is 15.9 Å². The van der Waals surface area contributed by atoms with Crippen molar-refractivity contribution in [3.63, 3.8) is 0 Å². The molecule has 0 aliphatic carbocycles. The molecule has 0 saturated carbocycles. The molecule has 1 atom stereocenters. The fourth-order valence-corrected chi connectivity index (χ4v) is 1.91. The average molecular weight is 320 g/mol. The van der Waals surface area contributed by atoms with Gasteiger partial charge in [-0.1, -0.05) is 53.2 Å². The van der Waals surface area contributed by atoms with E-state index in [0.29, 0.717) is 5.56 Å². The summed E-state index contributed by atoms with van der Waals surface area (Å²) in [4.78, 5) is 12.5. The number of amides is 1. The maximum absolute atomic E-state index is 12.3. The van der Waals surface area contributed by atoms with Crippen LogP contribution in [0.4, 0.5) is 0 Å². The Bertz CT molecular complexity index is 604. The predicted molar refractivity (Wildman–Crippen MR) is 83.9 cm³/mol. The Morgan fingerprint density at radius 1 is 1.16 bits per heavy atom. The number of hydrogen-bond acceptors (Lipinski definition) is 1. The zero-order valence-corrected chi connectivity index (χ0v) is 13.0. The van der Waals surface area contributed by atoms with Gasteiger partial charge in [-0.2, -0.15) is 0 Å². The van der Waals surface area contributed by atoms with Crippen LogP contribution in [0.3, 0.4) is 0 Å². The number of rotatable bonds is 3. The highest BCUT2D eigenvalue weighted by Crippen LogP contribution is 2.19. The first-order valence-corrected chi connectivity index (χ1v) is 7.27. The molecule has 3 heteroatoms. The third-order valence-corrected chi connectivity index (χ3v) is 4.59. The second-order valence-corrected chi connectivity index (χ2v) is 6.73. The van der Waals surface area contributed by atoms with Crippen molar-refractivity contribution >= 4 is 32.6 Å². The van der Waals surface area contributed by atoms with E-state index in [1.54, 1.807) is 0 Å². The molecule has 0 heterocycles. The van der Waals surface area contributed by atoms with E-state index >= 15 is 0 Å². The Kier molecular flexibility index (Phi) is 3.95. The van der Waals surface area contributed by atoms with Crippen molar-refractivity contribution in [3.05, 3.63) is 48.0 Å². The molecule has 2 nitrogen and oxygen atoms in total. The molecule has 0 aliphatic heterocycles. The lowest BCUT2D eigenvalue weighted by Crippen LogP contribution is -2.48. The van der Waals surface area contributed by atoms with Crippen molar-refractivity contribution in [3.8, 4) is 0 Å². The molecular formula is C16H18BrNO. The lowest BCUT2D eigenvalue weighted by molar-refractivity contribution is 0.0914. The highest BCUT2D eigenvalue weighted by Gasteiger charge is 2.26. The average Bonchev–Trinajstić information content (AvgIpc) is 2.37. The van der Waals surface area contributed by atoms with E-state index in [1.807, 2.05) is 63.2 Å². The molecule has 1 amide bonds. The summed E-state index contributed by atoms with van der Waals surface area (Å²) in [5, 5.41) is 5.28. The van der Waals surface area contributed by atoms with Gasteiger partial charge in [-0.3, -0.25) is 4.79 Å². The van der Waals surface area contributed by atoms with Gasteiger partial charge in [0.1, 0.15) is 0 Å². The van der Waals surface area contributed by atoms with E-state index in [-0.39, 0.29) is 16.3 Å². The minimum absolute atomic E-state index is 0.0398. The number of carbonyl (C=O) groups excluding carboxylic acids is 1. The molecule has 0 bridgehead atoms. The van der Waals surface area contributed by atoms with Crippen LogP contribution in [-0.2, 0) is 0 Å². The minimum atomic E-state index is -0.289. The van der Waals surface area contributed by atoms with Gasteiger partial charge in [0, 0.05) is 15.9 Å². The van der Waals surface area contributed by atoms with Gasteiger partial charge in [0.2, 0.25) is 0 Å². The van der Waals surface area contributed by atoms with Crippen LogP contribution in [-0.4, -0.2) is 16.3 Å². The molecule has 1 unspecified atom stereocenters. The second-order valence-electron chi connectivity index (χ2n) is 5.35. The Morgan fingerprint density at radius 3 is 2.42 bits per heavy atom. The normalized spacial score (nSPS) is 13.3. The molecule has 2 aromatic rings. The van der Waals surface area contributed by atoms with Crippen LogP contribution < -0.4 is 5.32 Å². The van der Waals surface area contributed by atoms with Gasteiger partial charge in [-0.15, -0.1) is 0 Å². The van der Waals surface area contributed by atoms with Crippen LogP contribution in [0.2, 0.25) is 0 Å². The fraction of sp³-hybridized carbons (Fsp3) is 0.312. The molecular weight excluding hydrogens is 302 g/mol. The third-order valence-electron chi connectivity index (χ3n) is 3.44. The highest BCUT2D eigenvalue weighted by atomic mass is 79.9. The first kappa shape index (κ1) is 14.1. The van der Waals surface area contributed by atoms with Crippen LogP contribution in [0.25, 0.3) is 10.8 Å². The molecule has 0 saturated heterocycles.